The van der Waals surface area contributed by atoms with Crippen LogP contribution >= 0.6 is 0 Å². The Morgan fingerprint density at radius 2 is 1.41 bits per heavy atom. The summed E-state index contributed by atoms with van der Waals surface area (Å²) < 4.78 is 0. The predicted octanol–water partition coefficient (Wildman–Crippen LogP) is 7.17. The van der Waals surface area contributed by atoms with Crippen LogP contribution < -0.4 is 5.32 Å². The molecule has 3 nitrogen and oxygen atoms in total. The van der Waals surface area contributed by atoms with Crippen LogP contribution in [0.15, 0.2) is 104 Å². The number of carbonyl (C=O) groups excluding carboxylic acids is 1. The molecule has 3 heteroatoms. The molecule has 0 radical (unpaired) electrons. The van der Waals surface area contributed by atoms with E-state index in [2.05, 4.69) is 110 Å². The van der Waals surface area contributed by atoms with E-state index < -0.39 is 0 Å². The van der Waals surface area contributed by atoms with Crippen molar-refractivity contribution in [1.82, 2.24) is 10.2 Å². The molecular formula is C34H30N2O. The number of likely N-dealkylation sites (N-methyl/N-ethyl adjacent to an activating group) is 1. The number of rotatable bonds is 5. The first-order chi connectivity index (χ1) is 18.1. The molecule has 0 aromatic heterocycles. The topological polar surface area (TPSA) is 32.3 Å². The van der Waals surface area contributed by atoms with Gasteiger partial charge in [0.25, 0.3) is 0 Å². The summed E-state index contributed by atoms with van der Waals surface area (Å²) in [6, 6.07) is 30.4. The van der Waals surface area contributed by atoms with E-state index in [0.29, 0.717) is 6.54 Å². The third kappa shape index (κ3) is 3.83. The SMILES string of the molecule is C=C/C=C\c1c(C)cc2ccccc2c1[C@@H](c1c2ccccc2cc2ccccc12)C1NCC(=O)N1C. The first-order valence-electron chi connectivity index (χ1n) is 12.8. The first-order valence-corrected chi connectivity index (χ1v) is 12.8. The minimum Gasteiger partial charge on any atom is -0.328 e. The van der Waals surface area contributed by atoms with Crippen LogP contribution in [0.4, 0.5) is 0 Å². The van der Waals surface area contributed by atoms with Crippen LogP contribution in [-0.2, 0) is 4.79 Å². The van der Waals surface area contributed by atoms with Crippen LogP contribution in [0.25, 0.3) is 38.4 Å². The van der Waals surface area contributed by atoms with Gasteiger partial charge in [0.05, 0.1) is 12.7 Å². The summed E-state index contributed by atoms with van der Waals surface area (Å²) in [6.07, 6.45) is 5.81. The zero-order valence-electron chi connectivity index (χ0n) is 21.2. The lowest BCUT2D eigenvalue weighted by Gasteiger charge is -2.34. The Balaban J connectivity index is 1.81. The molecule has 0 aliphatic carbocycles. The molecule has 2 atom stereocenters. The van der Waals surface area contributed by atoms with Crippen LogP contribution in [0.3, 0.4) is 0 Å². The van der Waals surface area contributed by atoms with E-state index in [-0.39, 0.29) is 18.0 Å². The maximum Gasteiger partial charge on any atom is 0.237 e. The van der Waals surface area contributed by atoms with Crippen molar-refractivity contribution in [2.24, 2.45) is 0 Å². The smallest absolute Gasteiger partial charge is 0.237 e. The molecule has 1 aliphatic heterocycles. The highest BCUT2D eigenvalue weighted by Gasteiger charge is 2.38. The molecule has 0 spiro atoms. The number of aryl methyl sites for hydroxylation is 1. The third-order valence-electron chi connectivity index (χ3n) is 7.76. The number of amides is 1. The van der Waals surface area contributed by atoms with E-state index in [1.807, 2.05) is 24.1 Å². The van der Waals surface area contributed by atoms with Gasteiger partial charge >= 0.3 is 0 Å². The fourth-order valence-corrected chi connectivity index (χ4v) is 6.05. The molecule has 1 N–H and O–H groups in total. The zero-order chi connectivity index (χ0) is 25.5. The Bertz CT molecular complexity index is 1660. The van der Waals surface area contributed by atoms with Gasteiger partial charge in [-0.2, -0.15) is 0 Å². The number of benzene rings is 5. The lowest BCUT2D eigenvalue weighted by Crippen LogP contribution is -2.40. The monoisotopic (exact) mass is 482 g/mol. The summed E-state index contributed by atoms with van der Waals surface area (Å²) in [6.45, 7) is 6.44. The summed E-state index contributed by atoms with van der Waals surface area (Å²) in [5, 5.41) is 10.8. The number of hydrogen-bond acceptors (Lipinski definition) is 2. The summed E-state index contributed by atoms with van der Waals surface area (Å²) in [7, 11) is 1.92. The van der Waals surface area contributed by atoms with Crippen LogP contribution in [0.1, 0.15) is 28.2 Å². The molecule has 1 fully saturated rings. The Hall–Kier alpha value is -4.21. The number of hydrogen-bond donors (Lipinski definition) is 1. The van der Waals surface area contributed by atoms with Crippen molar-refractivity contribution in [2.75, 3.05) is 13.6 Å². The summed E-state index contributed by atoms with van der Waals surface area (Å²) in [4.78, 5) is 14.8. The second kappa shape index (κ2) is 9.34. The van der Waals surface area contributed by atoms with Gasteiger partial charge in [0, 0.05) is 13.0 Å². The van der Waals surface area contributed by atoms with Gasteiger partial charge in [-0.1, -0.05) is 104 Å². The van der Waals surface area contributed by atoms with Crippen LogP contribution in [0.2, 0.25) is 0 Å². The average molecular weight is 483 g/mol. The quantitative estimate of drug-likeness (QED) is 0.213. The molecule has 5 aromatic rings. The molecule has 0 saturated carbocycles. The van der Waals surface area contributed by atoms with Crippen LogP contribution in [-0.4, -0.2) is 30.6 Å². The number of carbonyl (C=O) groups is 1. The molecular weight excluding hydrogens is 452 g/mol. The standard InChI is InChI=1S/C34H30N2O/c1-4-5-15-26-22(2)19-23-12-6-9-16-27(23)31(26)33(34-35-21-30(37)36(34)3)32-28-17-10-7-13-24(28)20-25-14-8-11-18-29(25)32/h4-20,33-35H,1,21H2,2-3H3/b15-5-/t33-,34?/m0/s1. The second-order valence-electron chi connectivity index (χ2n) is 9.88. The van der Waals surface area contributed by atoms with Crippen molar-refractivity contribution in [2.45, 2.75) is 19.0 Å². The van der Waals surface area contributed by atoms with E-state index in [9.17, 15) is 4.79 Å². The van der Waals surface area contributed by atoms with Gasteiger partial charge in [-0.15, -0.1) is 0 Å². The minimum atomic E-state index is -0.192. The lowest BCUT2D eigenvalue weighted by molar-refractivity contribution is -0.126. The Kier molecular flexibility index (Phi) is 5.86. The molecule has 5 aromatic carbocycles. The number of nitrogens with zero attached hydrogens (tertiary/aromatic N) is 1. The highest BCUT2D eigenvalue weighted by Crippen LogP contribution is 2.44. The maximum atomic E-state index is 12.9. The minimum absolute atomic E-state index is 0.110. The van der Waals surface area contributed by atoms with Crippen LogP contribution in [0, 0.1) is 6.92 Å². The Morgan fingerprint density at radius 3 is 1.95 bits per heavy atom. The van der Waals surface area contributed by atoms with Crippen molar-refractivity contribution < 1.29 is 4.79 Å². The number of allylic oxidation sites excluding steroid dienone is 2. The first kappa shape index (κ1) is 23.2. The van der Waals surface area contributed by atoms with Gasteiger partial charge in [0.2, 0.25) is 5.91 Å². The normalized spacial score (nSPS) is 16.9. The van der Waals surface area contributed by atoms with E-state index in [4.69, 9.17) is 0 Å². The summed E-state index contributed by atoms with van der Waals surface area (Å²) >= 11 is 0. The lowest BCUT2D eigenvalue weighted by atomic mass is 9.77. The van der Waals surface area contributed by atoms with Gasteiger partial charge in [0.1, 0.15) is 0 Å². The zero-order valence-corrected chi connectivity index (χ0v) is 21.2. The molecule has 182 valence electrons. The molecule has 37 heavy (non-hydrogen) atoms. The van der Waals surface area contributed by atoms with E-state index in [1.165, 1.54) is 54.6 Å². The van der Waals surface area contributed by atoms with Crippen molar-refractivity contribution in [3.8, 4) is 0 Å². The van der Waals surface area contributed by atoms with Crippen molar-refractivity contribution in [3.63, 3.8) is 0 Å². The highest BCUT2D eigenvalue weighted by molar-refractivity contribution is 6.04. The molecule has 1 amide bonds. The van der Waals surface area contributed by atoms with Crippen molar-refractivity contribution in [3.05, 3.63) is 126 Å². The molecule has 6 rings (SSSR count). The largest absolute Gasteiger partial charge is 0.328 e. The second-order valence-corrected chi connectivity index (χ2v) is 9.88. The molecule has 1 saturated heterocycles. The predicted molar refractivity (Wildman–Crippen MR) is 156 cm³/mol. The summed E-state index contributed by atoms with van der Waals surface area (Å²) in [5.74, 6) is 0.00130. The fourth-order valence-electron chi connectivity index (χ4n) is 6.05. The van der Waals surface area contributed by atoms with Gasteiger partial charge in [0.15, 0.2) is 0 Å². The van der Waals surface area contributed by atoms with Crippen molar-refractivity contribution >= 4 is 44.3 Å². The molecule has 1 heterocycles. The number of fused-ring (bicyclic) bond motifs is 3. The fraction of sp³-hybridized carbons (Fsp3) is 0.147. The van der Waals surface area contributed by atoms with Crippen LogP contribution in [0.5, 0.6) is 0 Å². The van der Waals surface area contributed by atoms with Gasteiger partial charge in [-0.25, -0.2) is 0 Å². The molecule has 1 unspecified atom stereocenters. The van der Waals surface area contributed by atoms with Gasteiger partial charge in [-0.3, -0.25) is 10.1 Å². The van der Waals surface area contributed by atoms with E-state index in [0.717, 1.165) is 0 Å². The maximum absolute atomic E-state index is 12.9. The van der Waals surface area contributed by atoms with Crippen molar-refractivity contribution in [1.29, 1.82) is 0 Å². The van der Waals surface area contributed by atoms with Gasteiger partial charge < -0.3 is 4.90 Å². The Labute approximate surface area is 217 Å². The molecule has 0 bridgehead atoms. The summed E-state index contributed by atoms with van der Waals surface area (Å²) in [5.41, 5.74) is 4.86. The molecule has 1 aliphatic rings. The van der Waals surface area contributed by atoms with E-state index in [1.54, 1.807) is 0 Å². The average Bonchev–Trinajstić information content (AvgIpc) is 3.25. The number of nitrogens with one attached hydrogen (secondary N) is 1. The third-order valence-corrected chi connectivity index (χ3v) is 7.76. The van der Waals surface area contributed by atoms with Gasteiger partial charge in [-0.05, 0) is 67.6 Å². The highest BCUT2D eigenvalue weighted by atomic mass is 16.2. The Morgan fingerprint density at radius 1 is 0.865 bits per heavy atom. The van der Waals surface area contributed by atoms with E-state index >= 15 is 0 Å².